The minimum absolute atomic E-state index is 0.183. The lowest BCUT2D eigenvalue weighted by Gasteiger charge is -2.08. The second kappa shape index (κ2) is 3.92. The maximum atomic E-state index is 12.3. The molecule has 0 bridgehead atoms. The third kappa shape index (κ3) is 2.18. The summed E-state index contributed by atoms with van der Waals surface area (Å²) < 4.78 is 61.0. The number of halogens is 5. The summed E-state index contributed by atoms with van der Waals surface area (Å²) in [7, 11) is 0. The number of nitriles is 1. The van der Waals surface area contributed by atoms with Gasteiger partial charge in [0.15, 0.2) is 0 Å². The van der Waals surface area contributed by atoms with E-state index < -0.39 is 35.0 Å². The summed E-state index contributed by atoms with van der Waals surface area (Å²) in [5.41, 5.74) is -5.37. The molecule has 0 atom stereocenters. The van der Waals surface area contributed by atoms with Gasteiger partial charge in [-0.25, -0.2) is 8.78 Å². The minimum atomic E-state index is -4.90. The van der Waals surface area contributed by atoms with E-state index in [0.29, 0.717) is 0 Å². The van der Waals surface area contributed by atoms with Crippen LogP contribution in [0.25, 0.3) is 0 Å². The van der Waals surface area contributed by atoms with E-state index >= 15 is 0 Å². The van der Waals surface area contributed by atoms with Crippen molar-refractivity contribution in [2.75, 3.05) is 0 Å². The summed E-state index contributed by atoms with van der Waals surface area (Å²) in [4.78, 5) is 12.2. The van der Waals surface area contributed by atoms with Crippen molar-refractivity contribution < 1.29 is 22.0 Å². The molecule has 0 aliphatic heterocycles. The van der Waals surface area contributed by atoms with Crippen LogP contribution < -0.4 is 5.56 Å². The first kappa shape index (κ1) is 12.2. The third-order valence-corrected chi connectivity index (χ3v) is 1.72. The van der Waals surface area contributed by atoms with Gasteiger partial charge in [0.1, 0.15) is 11.3 Å². The molecule has 16 heavy (non-hydrogen) atoms. The molecule has 0 aliphatic carbocycles. The van der Waals surface area contributed by atoms with Crippen LogP contribution in [0.2, 0.25) is 0 Å². The molecule has 1 rings (SSSR count). The summed E-state index contributed by atoms with van der Waals surface area (Å²) in [5, 5.41) is 8.38. The molecule has 0 radical (unpaired) electrons. The molecule has 0 aliphatic rings. The van der Waals surface area contributed by atoms with E-state index in [1.807, 2.05) is 0 Å². The molecule has 0 spiro atoms. The van der Waals surface area contributed by atoms with E-state index in [4.69, 9.17) is 5.26 Å². The van der Waals surface area contributed by atoms with E-state index in [1.54, 1.807) is 0 Å². The van der Waals surface area contributed by atoms with Crippen molar-refractivity contribution >= 4 is 0 Å². The maximum Gasteiger partial charge on any atom is 0.431 e. The Hall–Kier alpha value is -1.91. The number of nitrogens with one attached hydrogen (secondary N) is 1. The monoisotopic (exact) mass is 238 g/mol. The van der Waals surface area contributed by atoms with Crippen LogP contribution >= 0.6 is 0 Å². The zero-order chi connectivity index (χ0) is 12.5. The molecule has 1 aromatic rings. The molecule has 1 heterocycles. The second-order valence-corrected chi connectivity index (χ2v) is 2.75. The summed E-state index contributed by atoms with van der Waals surface area (Å²) in [5.74, 6) is 0. The predicted molar refractivity (Wildman–Crippen MR) is 41.7 cm³/mol. The number of rotatable bonds is 1. The van der Waals surface area contributed by atoms with Crippen molar-refractivity contribution in [3.63, 3.8) is 0 Å². The van der Waals surface area contributed by atoms with Crippen molar-refractivity contribution in [2.24, 2.45) is 0 Å². The Balaban J connectivity index is 3.53. The molecule has 86 valence electrons. The SMILES string of the molecule is N#Cc1cc(C(F)(F)F)[nH]c(=O)c1C(F)F. The van der Waals surface area contributed by atoms with Gasteiger partial charge in [0, 0.05) is 0 Å². The first-order valence-corrected chi connectivity index (χ1v) is 3.80. The summed E-state index contributed by atoms with van der Waals surface area (Å²) in [6.45, 7) is 0. The number of pyridine rings is 1. The quantitative estimate of drug-likeness (QED) is 0.762. The van der Waals surface area contributed by atoms with Crippen LogP contribution in [0.1, 0.15) is 23.2 Å². The number of aromatic nitrogens is 1. The highest BCUT2D eigenvalue weighted by Gasteiger charge is 2.34. The highest BCUT2D eigenvalue weighted by Crippen LogP contribution is 2.29. The van der Waals surface area contributed by atoms with Crippen molar-refractivity contribution in [2.45, 2.75) is 12.6 Å². The van der Waals surface area contributed by atoms with Crippen molar-refractivity contribution in [3.05, 3.63) is 33.2 Å². The number of hydrogen-bond acceptors (Lipinski definition) is 2. The average Bonchev–Trinajstić information content (AvgIpc) is 2.14. The maximum absolute atomic E-state index is 12.3. The Kier molecular flexibility index (Phi) is 2.98. The molecule has 0 saturated heterocycles. The fourth-order valence-corrected chi connectivity index (χ4v) is 1.03. The zero-order valence-electron chi connectivity index (χ0n) is 7.40. The third-order valence-electron chi connectivity index (χ3n) is 1.72. The molecule has 0 aromatic carbocycles. The van der Waals surface area contributed by atoms with Gasteiger partial charge in [0.25, 0.3) is 12.0 Å². The van der Waals surface area contributed by atoms with Crippen LogP contribution in [0.5, 0.6) is 0 Å². The minimum Gasteiger partial charge on any atom is -0.318 e. The number of aromatic amines is 1. The lowest BCUT2D eigenvalue weighted by atomic mass is 10.1. The lowest BCUT2D eigenvalue weighted by molar-refractivity contribution is -0.141. The normalized spacial score (nSPS) is 11.6. The first-order valence-electron chi connectivity index (χ1n) is 3.80. The van der Waals surface area contributed by atoms with Gasteiger partial charge in [-0.1, -0.05) is 0 Å². The van der Waals surface area contributed by atoms with E-state index in [9.17, 15) is 26.7 Å². The summed E-state index contributed by atoms with van der Waals surface area (Å²) in [6.07, 6.45) is -8.20. The summed E-state index contributed by atoms with van der Waals surface area (Å²) in [6, 6.07) is 1.31. The van der Waals surface area contributed by atoms with Crippen molar-refractivity contribution in [1.29, 1.82) is 5.26 Å². The van der Waals surface area contributed by atoms with Crippen LogP contribution in [-0.4, -0.2) is 4.98 Å². The largest absolute Gasteiger partial charge is 0.431 e. The van der Waals surface area contributed by atoms with Crippen molar-refractivity contribution in [1.82, 2.24) is 4.98 Å². The van der Waals surface area contributed by atoms with Gasteiger partial charge in [-0.3, -0.25) is 4.79 Å². The lowest BCUT2D eigenvalue weighted by Crippen LogP contribution is -2.21. The number of alkyl halides is 5. The Morgan fingerprint density at radius 2 is 1.94 bits per heavy atom. The summed E-state index contributed by atoms with van der Waals surface area (Å²) >= 11 is 0. The fraction of sp³-hybridized carbons (Fsp3) is 0.250. The van der Waals surface area contributed by atoms with Gasteiger partial charge in [-0.05, 0) is 6.07 Å². The molecular weight excluding hydrogens is 235 g/mol. The van der Waals surface area contributed by atoms with E-state index in [2.05, 4.69) is 0 Å². The topological polar surface area (TPSA) is 56.6 Å². The van der Waals surface area contributed by atoms with Crippen LogP contribution in [0.3, 0.4) is 0 Å². The molecule has 0 saturated carbocycles. The number of nitrogens with zero attached hydrogens (tertiary/aromatic N) is 1. The number of hydrogen-bond donors (Lipinski definition) is 1. The van der Waals surface area contributed by atoms with Crippen LogP contribution in [0, 0.1) is 11.3 Å². The van der Waals surface area contributed by atoms with Gasteiger partial charge in [0.05, 0.1) is 11.6 Å². The Labute approximate surface area is 85.1 Å². The fourth-order valence-electron chi connectivity index (χ4n) is 1.03. The molecule has 0 amide bonds. The Morgan fingerprint density at radius 1 is 1.38 bits per heavy atom. The molecule has 1 N–H and O–H groups in total. The standard InChI is InChI=1S/C8H3F5N2O/c9-6(10)5-3(2-14)1-4(8(11,12)13)15-7(5)16/h1,6H,(H,15,16). The van der Waals surface area contributed by atoms with Gasteiger partial charge in [-0.2, -0.15) is 18.4 Å². The van der Waals surface area contributed by atoms with E-state index in [-0.39, 0.29) is 6.07 Å². The number of H-pyrrole nitrogens is 1. The molecule has 3 nitrogen and oxygen atoms in total. The molecule has 0 fully saturated rings. The van der Waals surface area contributed by atoms with Gasteiger partial charge in [0.2, 0.25) is 0 Å². The second-order valence-electron chi connectivity index (χ2n) is 2.75. The molecule has 0 unspecified atom stereocenters. The van der Waals surface area contributed by atoms with Gasteiger partial charge >= 0.3 is 6.18 Å². The first-order chi connectivity index (χ1) is 7.27. The molecular formula is C8H3F5N2O. The van der Waals surface area contributed by atoms with Gasteiger partial charge in [-0.15, -0.1) is 0 Å². The highest BCUT2D eigenvalue weighted by atomic mass is 19.4. The molecule has 1 aromatic heterocycles. The molecule has 8 heteroatoms. The van der Waals surface area contributed by atoms with Crippen LogP contribution in [0.15, 0.2) is 10.9 Å². The predicted octanol–water partition coefficient (Wildman–Crippen LogP) is 2.20. The average molecular weight is 238 g/mol. The zero-order valence-corrected chi connectivity index (χ0v) is 7.40. The van der Waals surface area contributed by atoms with E-state index in [0.717, 1.165) is 6.07 Å². The Bertz CT molecular complexity index is 497. The van der Waals surface area contributed by atoms with Crippen LogP contribution in [-0.2, 0) is 6.18 Å². The van der Waals surface area contributed by atoms with Crippen molar-refractivity contribution in [3.8, 4) is 6.07 Å². The highest BCUT2D eigenvalue weighted by molar-refractivity contribution is 5.38. The Morgan fingerprint density at radius 3 is 2.31 bits per heavy atom. The smallest absolute Gasteiger partial charge is 0.318 e. The van der Waals surface area contributed by atoms with Crippen LogP contribution in [0.4, 0.5) is 22.0 Å². The van der Waals surface area contributed by atoms with E-state index in [1.165, 1.54) is 4.98 Å². The van der Waals surface area contributed by atoms with Gasteiger partial charge < -0.3 is 4.98 Å².